The molecule has 2 heterocycles. The summed E-state index contributed by atoms with van der Waals surface area (Å²) in [6.45, 7) is 8.13. The van der Waals surface area contributed by atoms with Crippen LogP contribution < -0.4 is 16.8 Å². The van der Waals surface area contributed by atoms with Gasteiger partial charge in [-0.05, 0) is 52.1 Å². The number of primary amides is 1. The third-order valence-corrected chi connectivity index (χ3v) is 5.04. The highest BCUT2D eigenvalue weighted by Crippen LogP contribution is 2.25. The minimum atomic E-state index is -0.799. The second kappa shape index (κ2) is 8.22. The number of hydrogen-bond acceptors (Lipinski definition) is 7. The van der Waals surface area contributed by atoms with Crippen LogP contribution in [-0.2, 0) is 9.53 Å². The molecule has 1 aliphatic heterocycles. The van der Waals surface area contributed by atoms with Crippen LogP contribution in [0, 0.1) is 0 Å². The maximum absolute atomic E-state index is 13.1. The maximum atomic E-state index is 13.1. The summed E-state index contributed by atoms with van der Waals surface area (Å²) in [5, 5.41) is 2.88. The van der Waals surface area contributed by atoms with Gasteiger partial charge in [0, 0.05) is 18.7 Å². The molecule has 1 aromatic rings. The van der Waals surface area contributed by atoms with Crippen LogP contribution in [0.5, 0.6) is 0 Å². The fourth-order valence-corrected chi connectivity index (χ4v) is 3.56. The summed E-state index contributed by atoms with van der Waals surface area (Å²) in [6.07, 6.45) is 1.56. The van der Waals surface area contributed by atoms with Crippen molar-refractivity contribution in [2.45, 2.75) is 58.2 Å². The van der Waals surface area contributed by atoms with E-state index in [2.05, 4.69) is 9.69 Å². The molecule has 9 nitrogen and oxygen atoms in total. The minimum Gasteiger partial charge on any atom is -0.395 e. The van der Waals surface area contributed by atoms with E-state index in [-0.39, 0.29) is 34.8 Å². The molecule has 0 unspecified atom stereocenters. The molecule has 0 radical (unpaired) electrons. The van der Waals surface area contributed by atoms with E-state index in [1.54, 1.807) is 6.92 Å². The fraction of sp³-hybridized carbons (Fsp3) is 0.647. The van der Waals surface area contributed by atoms with Crippen molar-refractivity contribution in [3.8, 4) is 0 Å². The number of carbonyl (C=O) groups excluding carboxylic acids is 3. The molecule has 2 atom stereocenters. The quantitative estimate of drug-likeness (QED) is 0.647. The van der Waals surface area contributed by atoms with Crippen molar-refractivity contribution < 1.29 is 19.1 Å². The largest absolute Gasteiger partial charge is 0.395 e. The SMILES string of the molecule is C[C@H](C(=O)NC(C)(C)C)N(C[C@H]1CCCO1)C(=O)c1snc(C(N)=O)c1N. The molecule has 0 bridgehead atoms. The van der Waals surface area contributed by atoms with E-state index < -0.39 is 23.4 Å². The van der Waals surface area contributed by atoms with Crippen molar-refractivity contribution in [2.75, 3.05) is 18.9 Å². The van der Waals surface area contributed by atoms with Crippen LogP contribution in [0.15, 0.2) is 0 Å². The summed E-state index contributed by atoms with van der Waals surface area (Å²) >= 11 is 0.802. The van der Waals surface area contributed by atoms with Gasteiger partial charge in [0.15, 0.2) is 5.69 Å². The van der Waals surface area contributed by atoms with Crippen LogP contribution in [0.25, 0.3) is 0 Å². The standard InChI is InChI=1S/C17H27N5O4S/c1-9(15(24)20-17(2,3)4)22(8-10-6-5-7-26-10)16(25)13-11(18)12(14(19)23)21-27-13/h9-10H,5-8,18H2,1-4H3,(H2,19,23)(H,20,24)/t9-,10-/m1/s1. The molecule has 10 heteroatoms. The zero-order chi connectivity index (χ0) is 20.4. The van der Waals surface area contributed by atoms with Gasteiger partial charge < -0.3 is 26.4 Å². The molecule has 1 saturated heterocycles. The van der Waals surface area contributed by atoms with Gasteiger partial charge in [-0.25, -0.2) is 0 Å². The Kier molecular flexibility index (Phi) is 6.42. The summed E-state index contributed by atoms with van der Waals surface area (Å²) in [5.41, 5.74) is 10.5. The molecular weight excluding hydrogens is 370 g/mol. The van der Waals surface area contributed by atoms with Crippen molar-refractivity contribution in [3.05, 3.63) is 10.6 Å². The average molecular weight is 398 g/mol. The molecule has 0 aromatic carbocycles. The molecule has 0 saturated carbocycles. The number of carbonyl (C=O) groups is 3. The van der Waals surface area contributed by atoms with Crippen LogP contribution in [0.4, 0.5) is 5.69 Å². The molecule has 1 aliphatic rings. The Balaban J connectivity index is 2.29. The van der Waals surface area contributed by atoms with Crippen LogP contribution in [0.1, 0.15) is 60.7 Å². The highest BCUT2D eigenvalue weighted by atomic mass is 32.1. The lowest BCUT2D eigenvalue weighted by Crippen LogP contribution is -2.54. The van der Waals surface area contributed by atoms with Crippen molar-refractivity contribution in [1.29, 1.82) is 0 Å². The van der Waals surface area contributed by atoms with E-state index in [0.29, 0.717) is 6.61 Å². The predicted octanol–water partition coefficient (Wildman–Crippen LogP) is 0.749. The lowest BCUT2D eigenvalue weighted by molar-refractivity contribution is -0.127. The predicted molar refractivity (Wildman–Crippen MR) is 102 cm³/mol. The summed E-state index contributed by atoms with van der Waals surface area (Å²) in [6, 6.07) is -0.751. The number of aromatic nitrogens is 1. The van der Waals surface area contributed by atoms with Crippen molar-refractivity contribution in [3.63, 3.8) is 0 Å². The molecule has 1 aromatic heterocycles. The number of hydrogen-bond donors (Lipinski definition) is 3. The molecular formula is C17H27N5O4S. The van der Waals surface area contributed by atoms with Gasteiger partial charge in [-0.15, -0.1) is 0 Å². The van der Waals surface area contributed by atoms with E-state index in [1.165, 1.54) is 4.90 Å². The minimum absolute atomic E-state index is 0.0572. The van der Waals surface area contributed by atoms with Gasteiger partial charge in [0.25, 0.3) is 11.8 Å². The average Bonchev–Trinajstić information content (AvgIpc) is 3.19. The number of rotatable bonds is 6. The van der Waals surface area contributed by atoms with E-state index in [9.17, 15) is 14.4 Å². The summed E-state index contributed by atoms with van der Waals surface area (Å²) in [4.78, 5) is 38.7. The van der Waals surface area contributed by atoms with Gasteiger partial charge in [0.1, 0.15) is 10.9 Å². The third-order valence-electron chi connectivity index (χ3n) is 4.19. The van der Waals surface area contributed by atoms with Crippen LogP contribution in [0.3, 0.4) is 0 Å². The molecule has 3 amide bonds. The second-order valence-corrected chi connectivity index (χ2v) is 8.42. The van der Waals surface area contributed by atoms with Gasteiger partial charge in [0.2, 0.25) is 5.91 Å². The maximum Gasteiger partial charge on any atom is 0.270 e. The van der Waals surface area contributed by atoms with Crippen molar-refractivity contribution in [1.82, 2.24) is 14.6 Å². The van der Waals surface area contributed by atoms with E-state index in [4.69, 9.17) is 16.2 Å². The highest BCUT2D eigenvalue weighted by Gasteiger charge is 2.34. The fourth-order valence-electron chi connectivity index (χ4n) is 2.80. The number of nitrogens with zero attached hydrogens (tertiary/aromatic N) is 2. The smallest absolute Gasteiger partial charge is 0.270 e. The van der Waals surface area contributed by atoms with Gasteiger partial charge in [-0.1, -0.05) is 0 Å². The molecule has 27 heavy (non-hydrogen) atoms. The Bertz CT molecular complexity index is 721. The summed E-state index contributed by atoms with van der Waals surface area (Å²) in [7, 11) is 0. The Labute approximate surface area is 162 Å². The Morgan fingerprint density at radius 2 is 2.07 bits per heavy atom. The molecule has 0 spiro atoms. The van der Waals surface area contributed by atoms with E-state index in [1.807, 2.05) is 20.8 Å². The lowest BCUT2D eigenvalue weighted by Gasteiger charge is -2.32. The molecule has 0 aliphatic carbocycles. The summed E-state index contributed by atoms with van der Waals surface area (Å²) in [5.74, 6) is -1.55. The molecule has 5 N–H and O–H groups in total. The first-order chi connectivity index (χ1) is 12.5. The first-order valence-corrected chi connectivity index (χ1v) is 9.58. The number of ether oxygens (including phenoxy) is 1. The zero-order valence-electron chi connectivity index (χ0n) is 16.1. The van der Waals surface area contributed by atoms with Crippen molar-refractivity contribution >= 4 is 34.9 Å². The zero-order valence-corrected chi connectivity index (χ0v) is 16.9. The Hall–Kier alpha value is -2.20. The topological polar surface area (TPSA) is 141 Å². The van der Waals surface area contributed by atoms with Gasteiger partial charge >= 0.3 is 0 Å². The third kappa shape index (κ3) is 5.16. The second-order valence-electron chi connectivity index (χ2n) is 7.65. The van der Waals surface area contributed by atoms with Crippen molar-refractivity contribution in [2.24, 2.45) is 5.73 Å². The first kappa shape index (κ1) is 21.1. The number of amides is 3. The first-order valence-electron chi connectivity index (χ1n) is 8.80. The molecule has 1 fully saturated rings. The monoisotopic (exact) mass is 397 g/mol. The van der Waals surface area contributed by atoms with E-state index in [0.717, 1.165) is 24.4 Å². The molecule has 2 rings (SSSR count). The highest BCUT2D eigenvalue weighted by molar-refractivity contribution is 7.09. The van der Waals surface area contributed by atoms with Crippen LogP contribution in [0.2, 0.25) is 0 Å². The number of nitrogens with two attached hydrogens (primary N) is 2. The number of nitrogen functional groups attached to an aromatic ring is 1. The number of nitrogens with one attached hydrogen (secondary N) is 1. The van der Waals surface area contributed by atoms with E-state index >= 15 is 0 Å². The van der Waals surface area contributed by atoms with Gasteiger partial charge in [-0.2, -0.15) is 4.37 Å². The lowest BCUT2D eigenvalue weighted by atomic mass is 10.1. The molecule has 150 valence electrons. The normalized spacial score (nSPS) is 18.1. The Morgan fingerprint density at radius 3 is 2.56 bits per heavy atom. The number of anilines is 1. The van der Waals surface area contributed by atoms with Gasteiger partial charge in [-0.3, -0.25) is 14.4 Å². The van der Waals surface area contributed by atoms with Crippen LogP contribution >= 0.6 is 11.5 Å². The van der Waals surface area contributed by atoms with Crippen LogP contribution in [-0.4, -0.2) is 57.8 Å². The Morgan fingerprint density at radius 1 is 1.41 bits per heavy atom. The summed E-state index contributed by atoms with van der Waals surface area (Å²) < 4.78 is 9.51. The van der Waals surface area contributed by atoms with Gasteiger partial charge in [0.05, 0.1) is 11.8 Å².